The Morgan fingerprint density at radius 3 is 2.54 bits per heavy atom. The van der Waals surface area contributed by atoms with Crippen LogP contribution in [0.1, 0.15) is 22.3 Å². The van der Waals surface area contributed by atoms with Gasteiger partial charge in [0.2, 0.25) is 5.91 Å². The van der Waals surface area contributed by atoms with Crippen LogP contribution in [0.5, 0.6) is 5.75 Å². The van der Waals surface area contributed by atoms with Crippen molar-refractivity contribution in [1.29, 1.82) is 0 Å². The van der Waals surface area contributed by atoms with Crippen molar-refractivity contribution in [3.8, 4) is 5.75 Å². The van der Waals surface area contributed by atoms with Gasteiger partial charge in [0, 0.05) is 18.7 Å². The fraction of sp³-hybridized carbons (Fsp3) is 0.179. The fourth-order valence-corrected chi connectivity index (χ4v) is 5.39. The molecule has 2 heterocycles. The summed E-state index contributed by atoms with van der Waals surface area (Å²) in [6, 6.07) is 20.5. The third-order valence-electron chi connectivity index (χ3n) is 6.23. The van der Waals surface area contributed by atoms with Crippen LogP contribution >= 0.6 is 35.0 Å². The smallest absolute Gasteiger partial charge is 0.294 e. The molecule has 0 saturated carbocycles. The van der Waals surface area contributed by atoms with Crippen molar-refractivity contribution >= 4 is 58.1 Å². The zero-order chi connectivity index (χ0) is 25.9. The van der Waals surface area contributed by atoms with Crippen LogP contribution in [0.25, 0.3) is 6.08 Å². The molecule has 37 heavy (non-hydrogen) atoms. The molecule has 0 spiro atoms. The average Bonchev–Trinajstić information content (AvgIpc) is 3.17. The Kier molecular flexibility index (Phi) is 7.55. The number of halogens is 2. The van der Waals surface area contributed by atoms with Gasteiger partial charge in [0.1, 0.15) is 18.9 Å². The molecular formula is C28H22Cl2N2O4S. The maximum atomic E-state index is 13.1. The zero-order valence-electron chi connectivity index (χ0n) is 19.7. The monoisotopic (exact) mass is 552 g/mol. The van der Waals surface area contributed by atoms with E-state index >= 15 is 0 Å². The van der Waals surface area contributed by atoms with Crippen LogP contribution in [0.15, 0.2) is 71.6 Å². The third-order valence-corrected chi connectivity index (χ3v) is 7.88. The normalized spacial score (nSPS) is 16.3. The Morgan fingerprint density at radius 2 is 1.73 bits per heavy atom. The van der Waals surface area contributed by atoms with Gasteiger partial charge < -0.3 is 9.64 Å². The lowest BCUT2D eigenvalue weighted by molar-refractivity contribution is -0.136. The molecule has 2 aliphatic heterocycles. The van der Waals surface area contributed by atoms with Crippen molar-refractivity contribution in [2.45, 2.75) is 19.6 Å². The quantitative estimate of drug-likeness (QED) is 0.341. The van der Waals surface area contributed by atoms with E-state index in [4.69, 9.17) is 27.9 Å². The number of fused-ring (bicyclic) bond motifs is 1. The molecule has 3 aromatic rings. The molecule has 0 bridgehead atoms. The van der Waals surface area contributed by atoms with Crippen molar-refractivity contribution in [3.63, 3.8) is 0 Å². The van der Waals surface area contributed by atoms with E-state index in [0.717, 1.165) is 34.2 Å². The largest absolute Gasteiger partial charge is 0.488 e. The minimum Gasteiger partial charge on any atom is -0.488 e. The molecule has 0 N–H and O–H groups in total. The summed E-state index contributed by atoms with van der Waals surface area (Å²) in [7, 11) is 0. The number of hydrogen-bond donors (Lipinski definition) is 0. The van der Waals surface area contributed by atoms with Crippen molar-refractivity contribution in [2.24, 2.45) is 0 Å². The Bertz CT molecular complexity index is 1420. The van der Waals surface area contributed by atoms with Crippen LogP contribution in [0, 0.1) is 0 Å². The van der Waals surface area contributed by atoms with E-state index in [1.54, 1.807) is 35.2 Å². The van der Waals surface area contributed by atoms with Gasteiger partial charge >= 0.3 is 0 Å². The predicted octanol–water partition coefficient (Wildman–Crippen LogP) is 6.19. The highest BCUT2D eigenvalue weighted by atomic mass is 35.5. The first-order valence-electron chi connectivity index (χ1n) is 11.6. The van der Waals surface area contributed by atoms with Crippen LogP contribution in [-0.2, 0) is 29.2 Å². The second-order valence-electron chi connectivity index (χ2n) is 8.68. The first kappa shape index (κ1) is 25.4. The second-order valence-corrected chi connectivity index (χ2v) is 10.5. The SMILES string of the molecule is O=C(CN1C(=O)S/C(=C\c2ccccc2OCc2ccc(Cl)c(Cl)c2)C1=O)N1CCc2ccccc2C1. The summed E-state index contributed by atoms with van der Waals surface area (Å²) in [6.45, 7) is 1.01. The highest BCUT2D eigenvalue weighted by Gasteiger charge is 2.37. The number of para-hydroxylation sites is 1. The van der Waals surface area contributed by atoms with Crippen LogP contribution < -0.4 is 4.74 Å². The summed E-state index contributed by atoms with van der Waals surface area (Å²) in [6.07, 6.45) is 2.37. The highest BCUT2D eigenvalue weighted by molar-refractivity contribution is 8.18. The molecule has 5 rings (SSSR count). The van der Waals surface area contributed by atoms with Gasteiger partial charge in [-0.1, -0.05) is 71.7 Å². The lowest BCUT2D eigenvalue weighted by Crippen LogP contribution is -2.44. The third kappa shape index (κ3) is 5.69. The number of amides is 3. The summed E-state index contributed by atoms with van der Waals surface area (Å²) in [5, 5.41) is 0.439. The van der Waals surface area contributed by atoms with Crippen molar-refractivity contribution in [3.05, 3.63) is 104 Å². The minimum atomic E-state index is -0.486. The van der Waals surface area contributed by atoms with E-state index in [0.29, 0.717) is 34.4 Å². The van der Waals surface area contributed by atoms with E-state index in [1.807, 2.05) is 36.4 Å². The van der Waals surface area contributed by atoms with Gasteiger partial charge in [0.25, 0.3) is 11.1 Å². The Labute approximate surface area is 228 Å². The first-order valence-corrected chi connectivity index (χ1v) is 13.2. The molecule has 0 unspecified atom stereocenters. The molecule has 0 aromatic heterocycles. The summed E-state index contributed by atoms with van der Waals surface area (Å²) in [4.78, 5) is 41.6. The number of nitrogens with zero attached hydrogens (tertiary/aromatic N) is 2. The molecule has 9 heteroatoms. The molecule has 3 amide bonds. The number of ether oxygens (including phenoxy) is 1. The molecule has 1 fully saturated rings. The standard InChI is InChI=1S/C28H22Cl2N2O4S/c29-22-10-9-18(13-23(22)30)17-36-24-8-4-3-6-20(24)14-25-27(34)32(28(35)37-25)16-26(33)31-12-11-19-5-1-2-7-21(19)15-31/h1-10,13-14H,11-12,15-17H2/b25-14-. The highest BCUT2D eigenvalue weighted by Crippen LogP contribution is 2.34. The van der Waals surface area contributed by atoms with E-state index in [9.17, 15) is 14.4 Å². The molecule has 0 atom stereocenters. The number of rotatable bonds is 6. The van der Waals surface area contributed by atoms with E-state index in [2.05, 4.69) is 6.07 Å². The molecule has 188 valence electrons. The minimum absolute atomic E-state index is 0.243. The molecule has 6 nitrogen and oxygen atoms in total. The molecule has 1 saturated heterocycles. The molecule has 3 aromatic carbocycles. The Morgan fingerprint density at radius 1 is 0.973 bits per heavy atom. The molecule has 2 aliphatic rings. The van der Waals surface area contributed by atoms with Crippen LogP contribution in [0.4, 0.5) is 4.79 Å². The average molecular weight is 553 g/mol. The van der Waals surface area contributed by atoms with Crippen molar-refractivity contribution < 1.29 is 19.1 Å². The fourth-order valence-electron chi connectivity index (χ4n) is 4.24. The maximum absolute atomic E-state index is 13.1. The predicted molar refractivity (Wildman–Crippen MR) is 145 cm³/mol. The Hall–Kier alpha value is -3.26. The lowest BCUT2D eigenvalue weighted by atomic mass is 10.00. The van der Waals surface area contributed by atoms with Crippen LogP contribution in [0.3, 0.4) is 0 Å². The van der Waals surface area contributed by atoms with E-state index in [-0.39, 0.29) is 24.0 Å². The zero-order valence-corrected chi connectivity index (χ0v) is 22.0. The van der Waals surface area contributed by atoms with Gasteiger partial charge in [-0.25, -0.2) is 0 Å². The number of carbonyl (C=O) groups is 3. The van der Waals surface area contributed by atoms with Gasteiger partial charge in [0.05, 0.1) is 15.0 Å². The van der Waals surface area contributed by atoms with E-state index < -0.39 is 11.1 Å². The second kappa shape index (κ2) is 11.0. The molecule has 0 radical (unpaired) electrons. The maximum Gasteiger partial charge on any atom is 0.294 e. The lowest BCUT2D eigenvalue weighted by Gasteiger charge is -2.29. The first-order chi connectivity index (χ1) is 17.9. The van der Waals surface area contributed by atoms with Gasteiger partial charge in [-0.05, 0) is 59.1 Å². The topological polar surface area (TPSA) is 66.9 Å². The van der Waals surface area contributed by atoms with Crippen molar-refractivity contribution in [1.82, 2.24) is 9.80 Å². The summed E-state index contributed by atoms with van der Waals surface area (Å²) >= 11 is 12.9. The summed E-state index contributed by atoms with van der Waals surface area (Å²) in [5.41, 5.74) is 3.80. The van der Waals surface area contributed by atoms with Crippen molar-refractivity contribution in [2.75, 3.05) is 13.1 Å². The van der Waals surface area contributed by atoms with Crippen LogP contribution in [0.2, 0.25) is 10.0 Å². The summed E-state index contributed by atoms with van der Waals surface area (Å²) < 4.78 is 5.96. The number of benzene rings is 3. The molecule has 0 aliphatic carbocycles. The van der Waals surface area contributed by atoms with Gasteiger partial charge in [-0.2, -0.15) is 0 Å². The number of imide groups is 1. The van der Waals surface area contributed by atoms with Gasteiger partial charge in [-0.3, -0.25) is 19.3 Å². The summed E-state index contributed by atoms with van der Waals surface area (Å²) in [5.74, 6) is -0.188. The van der Waals surface area contributed by atoms with Crippen LogP contribution in [-0.4, -0.2) is 39.9 Å². The Balaban J connectivity index is 1.27. The van der Waals surface area contributed by atoms with E-state index in [1.165, 1.54) is 5.56 Å². The number of thioether (sulfide) groups is 1. The molecular weight excluding hydrogens is 531 g/mol. The number of hydrogen-bond acceptors (Lipinski definition) is 5. The van der Waals surface area contributed by atoms with Gasteiger partial charge in [-0.15, -0.1) is 0 Å². The number of carbonyl (C=O) groups excluding carboxylic acids is 3. The van der Waals surface area contributed by atoms with Gasteiger partial charge in [0.15, 0.2) is 0 Å².